The first-order valence-corrected chi connectivity index (χ1v) is 6.54. The van der Waals surface area contributed by atoms with Crippen molar-refractivity contribution in [3.05, 3.63) is 28.5 Å². The van der Waals surface area contributed by atoms with Gasteiger partial charge in [0.15, 0.2) is 4.77 Å². The maximum absolute atomic E-state index is 5.69. The number of ether oxygens (including phenoxy) is 2. The molecule has 0 aliphatic carbocycles. The molecule has 4 nitrogen and oxygen atoms in total. The maximum Gasteiger partial charge on any atom is 0.178 e. The Hall–Kier alpha value is -1.17. The molecule has 1 aromatic heterocycles. The minimum atomic E-state index is 0.0871. The molecule has 18 heavy (non-hydrogen) atoms. The smallest absolute Gasteiger partial charge is 0.178 e. The average molecular weight is 264 g/mol. The van der Waals surface area contributed by atoms with E-state index in [0.717, 1.165) is 22.3 Å². The van der Waals surface area contributed by atoms with Crippen LogP contribution in [0, 0.1) is 11.7 Å². The molecule has 2 aromatic rings. The Morgan fingerprint density at radius 2 is 2.33 bits per heavy atom. The fraction of sp³-hybridized carbons (Fsp3) is 0.462. The van der Waals surface area contributed by atoms with Gasteiger partial charge < -0.3 is 19.0 Å². The molecule has 1 fully saturated rings. The highest BCUT2D eigenvalue weighted by atomic mass is 32.1. The quantitative estimate of drug-likeness (QED) is 0.847. The average Bonchev–Trinajstić information content (AvgIpc) is 2.69. The lowest BCUT2D eigenvalue weighted by molar-refractivity contribution is -0.0933. The van der Waals surface area contributed by atoms with E-state index in [1.165, 1.54) is 5.56 Å². The van der Waals surface area contributed by atoms with Crippen molar-refractivity contribution < 1.29 is 9.47 Å². The second-order valence-electron chi connectivity index (χ2n) is 4.58. The standard InChI is InChI=1S/C13H16N2O2S/c1-9-3-2-4-11-12(9)15(13(18)14-11)7-10-8-16-5-6-17-10/h2-4,10H,5-8H2,1H3,(H,14,18). The zero-order valence-corrected chi connectivity index (χ0v) is 11.1. The van der Waals surface area contributed by atoms with Crippen molar-refractivity contribution in [3.8, 4) is 0 Å². The zero-order chi connectivity index (χ0) is 12.5. The zero-order valence-electron chi connectivity index (χ0n) is 10.3. The van der Waals surface area contributed by atoms with Gasteiger partial charge in [-0.2, -0.15) is 0 Å². The Morgan fingerprint density at radius 3 is 3.11 bits per heavy atom. The van der Waals surface area contributed by atoms with Gasteiger partial charge in [0.2, 0.25) is 0 Å². The minimum Gasteiger partial charge on any atom is -0.376 e. The summed E-state index contributed by atoms with van der Waals surface area (Å²) >= 11 is 5.39. The summed E-state index contributed by atoms with van der Waals surface area (Å²) in [4.78, 5) is 3.24. The van der Waals surface area contributed by atoms with E-state index >= 15 is 0 Å². The molecule has 1 aliphatic heterocycles. The largest absolute Gasteiger partial charge is 0.376 e. The topological polar surface area (TPSA) is 39.2 Å². The number of nitrogens with zero attached hydrogens (tertiary/aromatic N) is 1. The third-order valence-corrected chi connectivity index (χ3v) is 3.59. The summed E-state index contributed by atoms with van der Waals surface area (Å²) in [6.45, 7) is 4.83. The van der Waals surface area contributed by atoms with E-state index in [9.17, 15) is 0 Å². The fourth-order valence-corrected chi connectivity index (χ4v) is 2.70. The number of H-pyrrole nitrogens is 1. The lowest BCUT2D eigenvalue weighted by atomic mass is 10.2. The number of hydrogen-bond donors (Lipinski definition) is 1. The number of para-hydroxylation sites is 1. The third-order valence-electron chi connectivity index (χ3n) is 3.27. The van der Waals surface area contributed by atoms with Crippen LogP contribution in [0.25, 0.3) is 11.0 Å². The summed E-state index contributed by atoms with van der Waals surface area (Å²) < 4.78 is 14.0. The van der Waals surface area contributed by atoms with Gasteiger partial charge in [-0.15, -0.1) is 0 Å². The Labute approximate surface area is 111 Å². The monoisotopic (exact) mass is 264 g/mol. The highest BCUT2D eigenvalue weighted by molar-refractivity contribution is 7.71. The minimum absolute atomic E-state index is 0.0871. The molecule has 0 saturated carbocycles. The second-order valence-corrected chi connectivity index (χ2v) is 4.97. The summed E-state index contributed by atoms with van der Waals surface area (Å²) in [6, 6.07) is 6.18. The van der Waals surface area contributed by atoms with Gasteiger partial charge in [-0.05, 0) is 30.8 Å². The van der Waals surface area contributed by atoms with Crippen molar-refractivity contribution >= 4 is 23.3 Å². The first-order chi connectivity index (χ1) is 8.75. The van der Waals surface area contributed by atoms with E-state index < -0.39 is 0 Å². The van der Waals surface area contributed by atoms with E-state index in [1.54, 1.807) is 0 Å². The van der Waals surface area contributed by atoms with Gasteiger partial charge in [0, 0.05) is 0 Å². The van der Waals surface area contributed by atoms with Crippen molar-refractivity contribution in [1.82, 2.24) is 9.55 Å². The van der Waals surface area contributed by atoms with Crippen LogP contribution in [0.1, 0.15) is 5.56 Å². The number of aromatic amines is 1. The van der Waals surface area contributed by atoms with Crippen molar-refractivity contribution in [2.45, 2.75) is 19.6 Å². The fourth-order valence-electron chi connectivity index (χ4n) is 2.42. The van der Waals surface area contributed by atoms with E-state index in [2.05, 4.69) is 22.5 Å². The van der Waals surface area contributed by atoms with Crippen LogP contribution in [0.4, 0.5) is 0 Å². The molecular formula is C13H16N2O2S. The molecule has 1 atom stereocenters. The van der Waals surface area contributed by atoms with Crippen LogP contribution in [0.3, 0.4) is 0 Å². The highest BCUT2D eigenvalue weighted by Gasteiger charge is 2.17. The van der Waals surface area contributed by atoms with Gasteiger partial charge in [-0.1, -0.05) is 12.1 Å². The van der Waals surface area contributed by atoms with Crippen LogP contribution in [-0.2, 0) is 16.0 Å². The van der Waals surface area contributed by atoms with E-state index in [4.69, 9.17) is 21.7 Å². The number of imidazole rings is 1. The predicted octanol–water partition coefficient (Wildman–Crippen LogP) is 2.42. The molecule has 1 aliphatic rings. The summed E-state index contributed by atoms with van der Waals surface area (Å²) in [5.74, 6) is 0. The van der Waals surface area contributed by atoms with Gasteiger partial charge in [-0.25, -0.2) is 0 Å². The van der Waals surface area contributed by atoms with Crippen LogP contribution in [-0.4, -0.2) is 35.5 Å². The molecule has 1 saturated heterocycles. The molecule has 0 radical (unpaired) electrons. The van der Waals surface area contributed by atoms with E-state index in [1.807, 2.05) is 12.1 Å². The number of aryl methyl sites for hydroxylation is 1. The van der Waals surface area contributed by atoms with Crippen LogP contribution >= 0.6 is 12.2 Å². The van der Waals surface area contributed by atoms with Gasteiger partial charge in [0.25, 0.3) is 0 Å². The van der Waals surface area contributed by atoms with Crippen LogP contribution in [0.2, 0.25) is 0 Å². The second kappa shape index (κ2) is 4.84. The Morgan fingerprint density at radius 1 is 1.44 bits per heavy atom. The number of rotatable bonds is 2. The molecule has 5 heteroatoms. The van der Waals surface area contributed by atoms with Gasteiger partial charge >= 0.3 is 0 Å². The molecule has 0 spiro atoms. The molecule has 2 heterocycles. The molecule has 3 rings (SSSR count). The highest BCUT2D eigenvalue weighted by Crippen LogP contribution is 2.19. The summed E-state index contributed by atoms with van der Waals surface area (Å²) in [7, 11) is 0. The molecular weight excluding hydrogens is 248 g/mol. The number of nitrogens with one attached hydrogen (secondary N) is 1. The van der Waals surface area contributed by atoms with Crippen LogP contribution in [0.15, 0.2) is 18.2 Å². The first kappa shape index (κ1) is 11.9. The van der Waals surface area contributed by atoms with Gasteiger partial charge in [0.05, 0.1) is 43.5 Å². The molecule has 1 aromatic carbocycles. The predicted molar refractivity (Wildman–Crippen MR) is 72.4 cm³/mol. The molecule has 1 N–H and O–H groups in total. The molecule has 0 amide bonds. The van der Waals surface area contributed by atoms with Crippen molar-refractivity contribution in [2.24, 2.45) is 0 Å². The van der Waals surface area contributed by atoms with Crippen molar-refractivity contribution in [1.29, 1.82) is 0 Å². The molecule has 0 bridgehead atoms. The Bertz CT molecular complexity index is 611. The van der Waals surface area contributed by atoms with E-state index in [0.29, 0.717) is 19.8 Å². The molecule has 96 valence electrons. The van der Waals surface area contributed by atoms with Crippen molar-refractivity contribution in [2.75, 3.05) is 19.8 Å². The lowest BCUT2D eigenvalue weighted by Gasteiger charge is -2.23. The summed E-state index contributed by atoms with van der Waals surface area (Å²) in [5.41, 5.74) is 3.46. The Balaban J connectivity index is 2.00. The SMILES string of the molecule is Cc1cccc2[nH]c(=S)n(CC3COCCO3)c12. The molecule has 1 unspecified atom stereocenters. The summed E-state index contributed by atoms with van der Waals surface area (Å²) in [5, 5.41) is 0. The first-order valence-electron chi connectivity index (χ1n) is 6.13. The lowest BCUT2D eigenvalue weighted by Crippen LogP contribution is -2.32. The van der Waals surface area contributed by atoms with Gasteiger partial charge in [-0.3, -0.25) is 0 Å². The van der Waals surface area contributed by atoms with Crippen molar-refractivity contribution in [3.63, 3.8) is 0 Å². The Kier molecular flexibility index (Phi) is 3.20. The maximum atomic E-state index is 5.69. The summed E-state index contributed by atoms with van der Waals surface area (Å²) in [6.07, 6.45) is 0.0871. The number of fused-ring (bicyclic) bond motifs is 1. The van der Waals surface area contributed by atoms with E-state index in [-0.39, 0.29) is 6.10 Å². The number of benzene rings is 1. The van der Waals surface area contributed by atoms with Gasteiger partial charge in [0.1, 0.15) is 0 Å². The number of hydrogen-bond acceptors (Lipinski definition) is 3. The number of aromatic nitrogens is 2. The normalized spacial score (nSPS) is 20.4. The third kappa shape index (κ3) is 2.09. The van der Waals surface area contributed by atoms with Crippen LogP contribution < -0.4 is 0 Å². The van der Waals surface area contributed by atoms with Crippen LogP contribution in [0.5, 0.6) is 0 Å².